The first-order valence-corrected chi connectivity index (χ1v) is 17.3. The van der Waals surface area contributed by atoms with Gasteiger partial charge in [-0.15, -0.1) is 0 Å². The van der Waals surface area contributed by atoms with Crippen LogP contribution in [0.2, 0.25) is 0 Å². The number of carbonyl (C=O) groups is 6. The van der Waals surface area contributed by atoms with E-state index in [9.17, 15) is 28.8 Å². The zero-order valence-electron chi connectivity index (χ0n) is 28.8. The summed E-state index contributed by atoms with van der Waals surface area (Å²) >= 11 is 0. The van der Waals surface area contributed by atoms with E-state index in [4.69, 9.17) is 4.74 Å². The monoisotopic (exact) mass is 669 g/mol. The van der Waals surface area contributed by atoms with Crippen molar-refractivity contribution in [1.29, 1.82) is 0 Å². The minimum atomic E-state index is -1.10. The molecule has 0 bridgehead atoms. The summed E-state index contributed by atoms with van der Waals surface area (Å²) in [5.41, 5.74) is -0.715. The molecule has 3 aliphatic rings. The Kier molecular flexibility index (Phi) is 12.6. The molecule has 4 N–H and O–H groups in total. The molecule has 264 valence electrons. The maximum absolute atomic E-state index is 14.3. The highest BCUT2D eigenvalue weighted by atomic mass is 16.5. The van der Waals surface area contributed by atoms with Crippen LogP contribution in [0.3, 0.4) is 0 Å². The number of carbonyl (C=O) groups excluding carboxylic acids is 6. The van der Waals surface area contributed by atoms with Gasteiger partial charge in [-0.3, -0.25) is 33.8 Å². The SMILES string of the molecule is CCC[C@H](NC(=O)[C@@H]1COC(C)(C)CN1C(=O)[C@@H](NC(=O)[C@@H](NC(=O)c1cnccn1)C1CCCCC1)C(C)C)C(=O)C(=O)NC1CC1. The smallest absolute Gasteiger partial charge is 0.289 e. The van der Waals surface area contributed by atoms with Crippen molar-refractivity contribution < 1.29 is 33.5 Å². The van der Waals surface area contributed by atoms with E-state index in [0.717, 1.165) is 44.9 Å². The fourth-order valence-corrected chi connectivity index (χ4v) is 6.31. The Hall–Kier alpha value is -3.94. The van der Waals surface area contributed by atoms with Gasteiger partial charge in [0, 0.05) is 18.4 Å². The van der Waals surface area contributed by atoms with Crippen molar-refractivity contribution >= 4 is 35.3 Å². The van der Waals surface area contributed by atoms with E-state index in [1.54, 1.807) is 27.7 Å². The van der Waals surface area contributed by atoms with Gasteiger partial charge in [-0.1, -0.05) is 46.5 Å². The van der Waals surface area contributed by atoms with Gasteiger partial charge in [0.1, 0.15) is 23.8 Å². The van der Waals surface area contributed by atoms with Crippen LogP contribution in [0, 0.1) is 11.8 Å². The first-order valence-electron chi connectivity index (χ1n) is 17.3. The standard InChI is InChI=1S/C34H51N7O7/c1-6-10-23(28(42)32(46)37-22-13-14-22)38-30(44)25-18-48-34(4,5)19-41(25)33(47)26(20(2)3)39-31(45)27(21-11-8-7-9-12-21)40-29(43)24-17-35-15-16-36-24/h15-17,20-23,25-27H,6-14,18-19H2,1-5H3,(H,37,46)(H,38,44)(H,39,45)(H,40,43)/t23-,25-,26-,27-/m0/s1. The molecule has 4 rings (SSSR count). The maximum Gasteiger partial charge on any atom is 0.289 e. The van der Waals surface area contributed by atoms with Crippen molar-refractivity contribution in [2.24, 2.45) is 11.8 Å². The molecule has 14 heteroatoms. The van der Waals surface area contributed by atoms with Crippen LogP contribution in [-0.4, -0.2) is 99.1 Å². The number of rotatable bonds is 14. The number of nitrogens with zero attached hydrogens (tertiary/aromatic N) is 3. The number of Topliss-reactive ketones (excluding diaryl/α,β-unsaturated/α-hetero) is 1. The predicted molar refractivity (Wildman–Crippen MR) is 175 cm³/mol. The highest BCUT2D eigenvalue weighted by Crippen LogP contribution is 2.28. The lowest BCUT2D eigenvalue weighted by Gasteiger charge is -2.44. The Balaban J connectivity index is 1.53. The van der Waals surface area contributed by atoms with Crippen molar-refractivity contribution in [3.63, 3.8) is 0 Å². The Morgan fingerprint density at radius 1 is 0.979 bits per heavy atom. The van der Waals surface area contributed by atoms with Crippen molar-refractivity contribution in [1.82, 2.24) is 36.1 Å². The Bertz CT molecular complexity index is 1330. The third-order valence-electron chi connectivity index (χ3n) is 9.21. The molecule has 0 unspecified atom stereocenters. The van der Waals surface area contributed by atoms with Gasteiger partial charge < -0.3 is 30.9 Å². The summed E-state index contributed by atoms with van der Waals surface area (Å²) in [6.45, 7) is 8.96. The molecule has 1 saturated heterocycles. The number of ketones is 1. The van der Waals surface area contributed by atoms with E-state index >= 15 is 0 Å². The molecule has 2 aliphatic carbocycles. The largest absolute Gasteiger partial charge is 0.371 e. The van der Waals surface area contributed by atoms with E-state index < -0.39 is 65.1 Å². The van der Waals surface area contributed by atoms with Crippen LogP contribution < -0.4 is 21.3 Å². The second kappa shape index (κ2) is 16.4. The molecule has 1 aliphatic heterocycles. The zero-order valence-corrected chi connectivity index (χ0v) is 28.8. The summed E-state index contributed by atoms with van der Waals surface area (Å²) in [5, 5.41) is 11.2. The molecule has 1 aromatic rings. The van der Waals surface area contributed by atoms with Gasteiger partial charge in [0.15, 0.2) is 0 Å². The van der Waals surface area contributed by atoms with E-state index in [2.05, 4.69) is 31.2 Å². The van der Waals surface area contributed by atoms with Gasteiger partial charge in [-0.05, 0) is 57.8 Å². The lowest BCUT2D eigenvalue weighted by atomic mass is 9.83. The van der Waals surface area contributed by atoms with E-state index in [1.165, 1.54) is 23.5 Å². The number of morpholine rings is 1. The molecular formula is C34H51N7O7. The molecule has 4 atom stereocenters. The van der Waals surface area contributed by atoms with Crippen LogP contribution in [0.25, 0.3) is 0 Å². The molecule has 0 spiro atoms. The molecule has 1 aromatic heterocycles. The highest BCUT2D eigenvalue weighted by molar-refractivity contribution is 6.38. The Labute approximate surface area is 282 Å². The summed E-state index contributed by atoms with van der Waals surface area (Å²) in [5.74, 6) is -4.08. The molecule has 2 heterocycles. The first kappa shape index (κ1) is 36.9. The second-order valence-corrected chi connectivity index (χ2v) is 14.2. The van der Waals surface area contributed by atoms with Crippen molar-refractivity contribution in [3.8, 4) is 0 Å². The lowest BCUT2D eigenvalue weighted by Crippen LogP contribution is -2.66. The summed E-state index contributed by atoms with van der Waals surface area (Å²) in [7, 11) is 0. The van der Waals surface area contributed by atoms with Gasteiger partial charge in [0.05, 0.1) is 31.0 Å². The summed E-state index contributed by atoms with van der Waals surface area (Å²) in [4.78, 5) is 90.1. The number of hydrogen-bond donors (Lipinski definition) is 4. The lowest BCUT2D eigenvalue weighted by molar-refractivity contribution is -0.166. The summed E-state index contributed by atoms with van der Waals surface area (Å²) < 4.78 is 5.95. The average Bonchev–Trinajstić information content (AvgIpc) is 3.89. The van der Waals surface area contributed by atoms with Crippen molar-refractivity contribution in [3.05, 3.63) is 24.3 Å². The number of nitrogens with one attached hydrogen (secondary N) is 4. The zero-order chi connectivity index (χ0) is 35.0. The molecule has 3 fully saturated rings. The van der Waals surface area contributed by atoms with Gasteiger partial charge in [-0.25, -0.2) is 4.98 Å². The number of amides is 5. The number of aromatic nitrogens is 2. The minimum absolute atomic E-state index is 0.0114. The van der Waals surface area contributed by atoms with E-state index in [0.29, 0.717) is 6.42 Å². The van der Waals surface area contributed by atoms with Crippen LogP contribution in [-0.2, 0) is 28.7 Å². The van der Waals surface area contributed by atoms with Crippen LogP contribution in [0.4, 0.5) is 0 Å². The molecule has 14 nitrogen and oxygen atoms in total. The molecular weight excluding hydrogens is 618 g/mol. The van der Waals surface area contributed by atoms with E-state index in [1.807, 2.05) is 6.92 Å². The third kappa shape index (κ3) is 9.80. The molecule has 48 heavy (non-hydrogen) atoms. The Morgan fingerprint density at radius 3 is 2.29 bits per heavy atom. The molecule has 2 saturated carbocycles. The minimum Gasteiger partial charge on any atom is -0.371 e. The topological polar surface area (TPSA) is 189 Å². The predicted octanol–water partition coefficient (Wildman–Crippen LogP) is 1.43. The quantitative estimate of drug-likeness (QED) is 0.213. The average molecular weight is 670 g/mol. The van der Waals surface area contributed by atoms with Crippen molar-refractivity contribution in [2.75, 3.05) is 13.2 Å². The van der Waals surface area contributed by atoms with Crippen molar-refractivity contribution in [2.45, 2.75) is 128 Å². The fraction of sp³-hybridized carbons (Fsp3) is 0.706. The highest BCUT2D eigenvalue weighted by Gasteiger charge is 2.45. The van der Waals surface area contributed by atoms with Crippen LogP contribution in [0.15, 0.2) is 18.6 Å². The van der Waals surface area contributed by atoms with Gasteiger partial charge >= 0.3 is 0 Å². The van der Waals surface area contributed by atoms with Gasteiger partial charge in [-0.2, -0.15) is 0 Å². The third-order valence-corrected chi connectivity index (χ3v) is 9.21. The van der Waals surface area contributed by atoms with Gasteiger partial charge in [0.25, 0.3) is 11.8 Å². The fourth-order valence-electron chi connectivity index (χ4n) is 6.31. The van der Waals surface area contributed by atoms with Crippen LogP contribution in [0.1, 0.15) is 103 Å². The first-order chi connectivity index (χ1) is 22.8. The van der Waals surface area contributed by atoms with Crippen LogP contribution in [0.5, 0.6) is 0 Å². The number of hydrogen-bond acceptors (Lipinski definition) is 9. The molecule has 0 aromatic carbocycles. The maximum atomic E-state index is 14.3. The molecule has 0 radical (unpaired) electrons. The summed E-state index contributed by atoms with van der Waals surface area (Å²) in [6, 6.07) is -4.10. The second-order valence-electron chi connectivity index (χ2n) is 14.2. The number of ether oxygens (including phenoxy) is 1. The van der Waals surface area contributed by atoms with Gasteiger partial charge in [0.2, 0.25) is 23.5 Å². The molecule has 5 amide bonds. The summed E-state index contributed by atoms with van der Waals surface area (Å²) in [6.07, 6.45) is 11.0. The normalized spacial score (nSPS) is 21.4. The Morgan fingerprint density at radius 2 is 1.69 bits per heavy atom. The van der Waals surface area contributed by atoms with Crippen LogP contribution >= 0.6 is 0 Å². The van der Waals surface area contributed by atoms with E-state index in [-0.39, 0.29) is 43.1 Å².